The van der Waals surface area contributed by atoms with E-state index in [1.165, 1.54) is 6.08 Å². The lowest BCUT2D eigenvalue weighted by atomic mass is 10.2. The number of ether oxygens (including phenoxy) is 1. The molecule has 1 amide bonds. The molecule has 2 aromatic heterocycles. The summed E-state index contributed by atoms with van der Waals surface area (Å²) in [7, 11) is 0. The number of carbonyl (C=O) groups excluding carboxylic acids is 2. The van der Waals surface area contributed by atoms with Crippen molar-refractivity contribution in [1.82, 2.24) is 10.2 Å². The standard InChI is InChI=1S/C18H20N2O5/c1-2-23-17(21)10-13-9-16(19-11-14-5-3-7-24-14)18(22)20(13)12-15-6-4-8-25-15/h3-8,10,16,19H,2,9,11-12H2,1H3/b13-10+. The molecule has 2 aromatic rings. The molecule has 3 rings (SSSR count). The molecule has 0 aliphatic carbocycles. The molecular formula is C18H20N2O5. The van der Waals surface area contributed by atoms with Crippen LogP contribution in [0.3, 0.4) is 0 Å². The number of hydrogen-bond donors (Lipinski definition) is 1. The number of hydrogen-bond acceptors (Lipinski definition) is 6. The Hall–Kier alpha value is -2.80. The van der Waals surface area contributed by atoms with Crippen LogP contribution in [0.25, 0.3) is 0 Å². The Bertz CT molecular complexity index is 734. The molecule has 0 saturated carbocycles. The molecule has 0 bridgehead atoms. The van der Waals surface area contributed by atoms with Gasteiger partial charge < -0.3 is 18.5 Å². The van der Waals surface area contributed by atoms with Gasteiger partial charge in [0.25, 0.3) is 0 Å². The number of esters is 1. The third-order valence-corrected chi connectivity index (χ3v) is 3.89. The number of amides is 1. The zero-order valence-corrected chi connectivity index (χ0v) is 13.9. The first-order valence-electron chi connectivity index (χ1n) is 8.14. The number of carbonyl (C=O) groups is 2. The Morgan fingerprint density at radius 1 is 1.32 bits per heavy atom. The summed E-state index contributed by atoms with van der Waals surface area (Å²) in [5.74, 6) is 0.822. The van der Waals surface area contributed by atoms with Gasteiger partial charge in [-0.25, -0.2) is 4.79 Å². The van der Waals surface area contributed by atoms with Crippen LogP contribution < -0.4 is 5.32 Å². The summed E-state index contributed by atoms with van der Waals surface area (Å²) >= 11 is 0. The second-order valence-corrected chi connectivity index (χ2v) is 5.61. The molecule has 1 aliphatic rings. The maximum atomic E-state index is 12.7. The summed E-state index contributed by atoms with van der Waals surface area (Å²) in [5, 5.41) is 3.17. The maximum absolute atomic E-state index is 12.7. The van der Waals surface area contributed by atoms with E-state index in [1.54, 1.807) is 42.5 Å². The molecule has 25 heavy (non-hydrogen) atoms. The summed E-state index contributed by atoms with van der Waals surface area (Å²) in [6.45, 7) is 2.74. The van der Waals surface area contributed by atoms with Gasteiger partial charge in [0.05, 0.1) is 38.3 Å². The first kappa shape index (κ1) is 17.0. The molecule has 1 atom stereocenters. The number of nitrogens with one attached hydrogen (secondary N) is 1. The molecule has 1 saturated heterocycles. The summed E-state index contributed by atoms with van der Waals surface area (Å²) in [5.41, 5.74) is 0.608. The van der Waals surface area contributed by atoms with Crippen LogP contribution >= 0.6 is 0 Å². The van der Waals surface area contributed by atoms with Crippen LogP contribution in [0, 0.1) is 0 Å². The van der Waals surface area contributed by atoms with Crippen LogP contribution in [0.15, 0.2) is 57.4 Å². The first-order valence-corrected chi connectivity index (χ1v) is 8.14. The highest BCUT2D eigenvalue weighted by atomic mass is 16.5. The van der Waals surface area contributed by atoms with Crippen LogP contribution in [0.2, 0.25) is 0 Å². The van der Waals surface area contributed by atoms with Gasteiger partial charge in [-0.2, -0.15) is 0 Å². The van der Waals surface area contributed by atoms with Crippen LogP contribution in [-0.2, 0) is 27.4 Å². The number of nitrogens with zero attached hydrogens (tertiary/aromatic N) is 1. The number of likely N-dealkylation sites (tertiary alicyclic amines) is 1. The second-order valence-electron chi connectivity index (χ2n) is 5.61. The van der Waals surface area contributed by atoms with Crippen molar-refractivity contribution in [3.05, 3.63) is 60.1 Å². The van der Waals surface area contributed by atoms with Gasteiger partial charge >= 0.3 is 5.97 Å². The lowest BCUT2D eigenvalue weighted by Crippen LogP contribution is -2.37. The fourth-order valence-electron chi connectivity index (χ4n) is 2.73. The Morgan fingerprint density at radius 3 is 2.68 bits per heavy atom. The minimum atomic E-state index is -0.457. The van der Waals surface area contributed by atoms with Gasteiger partial charge in [-0.05, 0) is 31.2 Å². The quantitative estimate of drug-likeness (QED) is 0.612. The van der Waals surface area contributed by atoms with Gasteiger partial charge in [-0.1, -0.05) is 0 Å². The van der Waals surface area contributed by atoms with Crippen molar-refractivity contribution in [3.8, 4) is 0 Å². The summed E-state index contributed by atoms with van der Waals surface area (Å²) in [6, 6.07) is 6.75. The van der Waals surface area contributed by atoms with E-state index < -0.39 is 12.0 Å². The minimum Gasteiger partial charge on any atom is -0.468 e. The van der Waals surface area contributed by atoms with E-state index >= 15 is 0 Å². The molecule has 3 heterocycles. The topological polar surface area (TPSA) is 84.9 Å². The molecule has 132 valence electrons. The smallest absolute Gasteiger partial charge is 0.332 e. The van der Waals surface area contributed by atoms with Crippen molar-refractivity contribution in [2.45, 2.75) is 32.5 Å². The van der Waals surface area contributed by atoms with Crippen molar-refractivity contribution in [3.63, 3.8) is 0 Å². The van der Waals surface area contributed by atoms with Crippen molar-refractivity contribution in [2.75, 3.05) is 6.61 Å². The van der Waals surface area contributed by atoms with E-state index in [0.717, 1.165) is 5.76 Å². The molecule has 7 heteroatoms. The maximum Gasteiger partial charge on any atom is 0.332 e. The van der Waals surface area contributed by atoms with E-state index in [4.69, 9.17) is 13.6 Å². The van der Waals surface area contributed by atoms with E-state index in [-0.39, 0.29) is 19.1 Å². The van der Waals surface area contributed by atoms with E-state index in [9.17, 15) is 9.59 Å². The molecule has 1 N–H and O–H groups in total. The van der Waals surface area contributed by atoms with Crippen molar-refractivity contribution in [1.29, 1.82) is 0 Å². The highest BCUT2D eigenvalue weighted by Crippen LogP contribution is 2.26. The summed E-state index contributed by atoms with van der Waals surface area (Å²) in [4.78, 5) is 26.1. The first-order chi connectivity index (χ1) is 12.2. The molecule has 0 spiro atoms. The zero-order chi connectivity index (χ0) is 17.6. The van der Waals surface area contributed by atoms with E-state index in [2.05, 4.69) is 5.32 Å². The molecule has 1 unspecified atom stereocenters. The van der Waals surface area contributed by atoms with E-state index in [0.29, 0.717) is 24.4 Å². The lowest BCUT2D eigenvalue weighted by Gasteiger charge is -2.17. The number of rotatable bonds is 7. The Kier molecular flexibility index (Phi) is 5.35. The Labute approximate surface area is 145 Å². The third-order valence-electron chi connectivity index (χ3n) is 3.89. The van der Waals surface area contributed by atoms with Gasteiger partial charge in [-0.3, -0.25) is 10.1 Å². The molecule has 0 aromatic carbocycles. The second kappa shape index (κ2) is 7.85. The van der Waals surface area contributed by atoms with Crippen LogP contribution in [0.5, 0.6) is 0 Å². The van der Waals surface area contributed by atoms with E-state index in [1.807, 2.05) is 6.07 Å². The van der Waals surface area contributed by atoms with Gasteiger partial charge in [0.2, 0.25) is 5.91 Å². The predicted molar refractivity (Wildman–Crippen MR) is 87.9 cm³/mol. The lowest BCUT2D eigenvalue weighted by molar-refractivity contribution is -0.137. The Morgan fingerprint density at radius 2 is 2.04 bits per heavy atom. The molecule has 1 fully saturated rings. The molecule has 7 nitrogen and oxygen atoms in total. The van der Waals surface area contributed by atoms with Gasteiger partial charge in [0.1, 0.15) is 11.5 Å². The summed E-state index contributed by atoms with van der Waals surface area (Å²) in [6.07, 6.45) is 4.91. The minimum absolute atomic E-state index is 0.112. The monoisotopic (exact) mass is 344 g/mol. The highest BCUT2D eigenvalue weighted by Gasteiger charge is 2.36. The highest BCUT2D eigenvalue weighted by molar-refractivity contribution is 5.90. The Balaban J connectivity index is 1.73. The van der Waals surface area contributed by atoms with Crippen LogP contribution in [-0.4, -0.2) is 29.4 Å². The molecule has 0 radical (unpaired) electrons. The van der Waals surface area contributed by atoms with Crippen molar-refractivity contribution >= 4 is 11.9 Å². The number of furan rings is 2. The van der Waals surface area contributed by atoms with Gasteiger partial charge in [0, 0.05) is 18.2 Å². The van der Waals surface area contributed by atoms with Gasteiger partial charge in [-0.15, -0.1) is 0 Å². The molecule has 1 aliphatic heterocycles. The average molecular weight is 344 g/mol. The van der Waals surface area contributed by atoms with Crippen LogP contribution in [0.4, 0.5) is 0 Å². The average Bonchev–Trinajstić information content (AvgIpc) is 3.32. The SMILES string of the molecule is CCOC(=O)/C=C1\CC(NCc2ccco2)C(=O)N1Cc1ccco1. The fourth-order valence-corrected chi connectivity index (χ4v) is 2.73. The normalized spacial score (nSPS) is 18.9. The van der Waals surface area contributed by atoms with Crippen molar-refractivity contribution < 1.29 is 23.2 Å². The largest absolute Gasteiger partial charge is 0.468 e. The third kappa shape index (κ3) is 4.19. The van der Waals surface area contributed by atoms with Gasteiger partial charge in [0.15, 0.2) is 0 Å². The van der Waals surface area contributed by atoms with Crippen LogP contribution in [0.1, 0.15) is 24.9 Å². The van der Waals surface area contributed by atoms with Crippen molar-refractivity contribution in [2.24, 2.45) is 0 Å². The zero-order valence-electron chi connectivity index (χ0n) is 13.9. The predicted octanol–water partition coefficient (Wildman–Crippen LogP) is 2.21. The fraction of sp³-hybridized carbons (Fsp3) is 0.333. The molecular weight excluding hydrogens is 324 g/mol. The summed E-state index contributed by atoms with van der Waals surface area (Å²) < 4.78 is 15.6.